The molecule has 7 aromatic carbocycles. The first-order valence-electron chi connectivity index (χ1n) is 17.2. The lowest BCUT2D eigenvalue weighted by atomic mass is 9.67. The lowest BCUT2D eigenvalue weighted by molar-refractivity contribution is 0.724. The molecule has 9 aromatic rings. The molecule has 2 nitrogen and oxygen atoms in total. The van der Waals surface area contributed by atoms with E-state index in [1.54, 1.807) is 0 Å². The van der Waals surface area contributed by atoms with E-state index in [0.29, 0.717) is 0 Å². The standard InChI is InChI=1S/C47H28N2S2/c1-3-14-29(15-4-1)40-28-41(49-46(48-40)30-16-5-2-6-17-30)34-21-13-20-33-35-26-44-39(27-43(35)51-45(33)34)47(38-24-11-12-25-42(38)50-44)36-22-9-7-18-31(36)32-19-8-10-23-37(32)47/h1-28H. The van der Waals surface area contributed by atoms with Crippen molar-refractivity contribution in [3.63, 3.8) is 0 Å². The topological polar surface area (TPSA) is 25.8 Å². The summed E-state index contributed by atoms with van der Waals surface area (Å²) < 4.78 is 2.54. The van der Waals surface area contributed by atoms with Gasteiger partial charge in [-0.25, -0.2) is 9.97 Å². The number of fused-ring (bicyclic) bond motifs is 12. The molecule has 1 spiro atoms. The summed E-state index contributed by atoms with van der Waals surface area (Å²) >= 11 is 3.78. The predicted octanol–water partition coefficient (Wildman–Crippen LogP) is 12.7. The Hall–Kier alpha value is -5.81. The Morgan fingerprint density at radius 1 is 0.412 bits per heavy atom. The zero-order valence-corrected chi connectivity index (χ0v) is 29.0. The maximum absolute atomic E-state index is 5.22. The maximum Gasteiger partial charge on any atom is 0.160 e. The molecule has 11 rings (SSSR count). The van der Waals surface area contributed by atoms with E-state index in [-0.39, 0.29) is 5.41 Å². The van der Waals surface area contributed by atoms with E-state index in [9.17, 15) is 0 Å². The van der Waals surface area contributed by atoms with Crippen molar-refractivity contribution in [1.82, 2.24) is 9.97 Å². The van der Waals surface area contributed by atoms with Gasteiger partial charge in [0.15, 0.2) is 5.82 Å². The zero-order chi connectivity index (χ0) is 33.5. The fourth-order valence-corrected chi connectivity index (χ4v) is 10.9. The molecule has 0 bridgehead atoms. The van der Waals surface area contributed by atoms with Gasteiger partial charge < -0.3 is 0 Å². The molecular formula is C47H28N2S2. The van der Waals surface area contributed by atoms with Crippen LogP contribution in [0.5, 0.6) is 0 Å². The van der Waals surface area contributed by atoms with Crippen molar-refractivity contribution in [2.24, 2.45) is 0 Å². The third-order valence-electron chi connectivity index (χ3n) is 10.6. The van der Waals surface area contributed by atoms with Crippen LogP contribution in [-0.2, 0) is 5.41 Å². The molecule has 0 radical (unpaired) electrons. The first-order chi connectivity index (χ1) is 25.3. The van der Waals surface area contributed by atoms with Crippen molar-refractivity contribution in [3.8, 4) is 45.0 Å². The van der Waals surface area contributed by atoms with E-state index in [2.05, 4.69) is 146 Å². The number of rotatable bonds is 3. The third-order valence-corrected chi connectivity index (χ3v) is 12.9. The second kappa shape index (κ2) is 11.1. The molecule has 238 valence electrons. The summed E-state index contributed by atoms with van der Waals surface area (Å²) in [6.45, 7) is 0. The Balaban J connectivity index is 1.18. The van der Waals surface area contributed by atoms with Crippen LogP contribution in [-0.4, -0.2) is 9.97 Å². The number of benzene rings is 7. The van der Waals surface area contributed by atoms with Gasteiger partial charge in [0.2, 0.25) is 0 Å². The summed E-state index contributed by atoms with van der Waals surface area (Å²) in [5.74, 6) is 0.732. The SMILES string of the molecule is c1ccc(-c2cc(-c3cccc4c3sc3cc5c(cc34)Sc3ccccc3C53c4ccccc4-c4ccccc43)nc(-c3ccccc3)n2)cc1. The minimum atomic E-state index is -0.390. The van der Waals surface area contributed by atoms with Crippen molar-refractivity contribution >= 4 is 43.3 Å². The largest absolute Gasteiger partial charge is 0.228 e. The lowest BCUT2D eigenvalue weighted by Gasteiger charge is -2.39. The zero-order valence-electron chi connectivity index (χ0n) is 27.4. The van der Waals surface area contributed by atoms with Crippen molar-refractivity contribution in [2.75, 3.05) is 0 Å². The molecule has 1 aliphatic heterocycles. The summed E-state index contributed by atoms with van der Waals surface area (Å²) in [5.41, 5.74) is 12.8. The molecule has 3 heterocycles. The van der Waals surface area contributed by atoms with Gasteiger partial charge in [-0.1, -0.05) is 157 Å². The number of hydrogen-bond donors (Lipinski definition) is 0. The normalized spacial score (nSPS) is 13.6. The van der Waals surface area contributed by atoms with E-state index in [0.717, 1.165) is 33.9 Å². The van der Waals surface area contributed by atoms with E-state index in [4.69, 9.17) is 9.97 Å². The fraction of sp³-hybridized carbons (Fsp3) is 0.0213. The Morgan fingerprint density at radius 2 is 1.02 bits per heavy atom. The second-order valence-electron chi connectivity index (χ2n) is 13.3. The average molecular weight is 685 g/mol. The molecule has 2 aliphatic rings. The Kier molecular flexibility index (Phi) is 6.30. The van der Waals surface area contributed by atoms with Gasteiger partial charge in [-0.05, 0) is 57.6 Å². The van der Waals surface area contributed by atoms with Crippen LogP contribution in [0.2, 0.25) is 0 Å². The van der Waals surface area contributed by atoms with Crippen LogP contribution in [0.25, 0.3) is 65.2 Å². The van der Waals surface area contributed by atoms with Gasteiger partial charge in [-0.3, -0.25) is 0 Å². The lowest BCUT2D eigenvalue weighted by Crippen LogP contribution is -2.31. The van der Waals surface area contributed by atoms with E-state index in [1.165, 1.54) is 63.3 Å². The summed E-state index contributed by atoms with van der Waals surface area (Å²) in [6.07, 6.45) is 0. The second-order valence-corrected chi connectivity index (χ2v) is 15.4. The third kappa shape index (κ3) is 4.18. The highest BCUT2D eigenvalue weighted by Crippen LogP contribution is 2.63. The smallest absolute Gasteiger partial charge is 0.160 e. The van der Waals surface area contributed by atoms with Crippen LogP contribution in [0.3, 0.4) is 0 Å². The van der Waals surface area contributed by atoms with Crippen LogP contribution in [0.15, 0.2) is 180 Å². The van der Waals surface area contributed by atoms with Crippen LogP contribution in [0.1, 0.15) is 22.3 Å². The fourth-order valence-electron chi connectivity index (χ4n) is 8.41. The van der Waals surface area contributed by atoms with Gasteiger partial charge in [0, 0.05) is 46.7 Å². The average Bonchev–Trinajstić information content (AvgIpc) is 3.71. The minimum Gasteiger partial charge on any atom is -0.228 e. The Labute approximate surface area is 304 Å². The molecule has 51 heavy (non-hydrogen) atoms. The summed E-state index contributed by atoms with van der Waals surface area (Å²) in [6, 6.07) is 61.6. The molecule has 0 saturated heterocycles. The van der Waals surface area contributed by atoms with E-state index >= 15 is 0 Å². The van der Waals surface area contributed by atoms with E-state index < -0.39 is 0 Å². The van der Waals surface area contributed by atoms with Crippen LogP contribution >= 0.6 is 23.1 Å². The summed E-state index contributed by atoms with van der Waals surface area (Å²) in [7, 11) is 0. The maximum atomic E-state index is 5.22. The molecule has 0 unspecified atom stereocenters. The number of thiophene rings is 1. The van der Waals surface area contributed by atoms with Crippen molar-refractivity contribution < 1.29 is 0 Å². The first kappa shape index (κ1) is 29.0. The van der Waals surface area contributed by atoms with Crippen LogP contribution in [0.4, 0.5) is 0 Å². The molecular weight excluding hydrogens is 657 g/mol. The van der Waals surface area contributed by atoms with Gasteiger partial charge in [-0.2, -0.15) is 0 Å². The highest BCUT2D eigenvalue weighted by atomic mass is 32.2. The molecule has 0 N–H and O–H groups in total. The van der Waals surface area contributed by atoms with Gasteiger partial charge in [0.1, 0.15) is 0 Å². The minimum absolute atomic E-state index is 0.390. The molecule has 1 aliphatic carbocycles. The van der Waals surface area contributed by atoms with Crippen molar-refractivity contribution in [2.45, 2.75) is 15.2 Å². The molecule has 0 fully saturated rings. The first-order valence-corrected chi connectivity index (χ1v) is 18.9. The molecule has 0 saturated carbocycles. The number of aromatic nitrogens is 2. The molecule has 0 atom stereocenters. The summed E-state index contributed by atoms with van der Waals surface area (Å²) in [4.78, 5) is 12.9. The van der Waals surface area contributed by atoms with Gasteiger partial charge >= 0.3 is 0 Å². The highest BCUT2D eigenvalue weighted by Gasteiger charge is 2.50. The molecule has 0 amide bonds. The quantitative estimate of drug-likeness (QED) is 0.185. The van der Waals surface area contributed by atoms with E-state index in [1.807, 2.05) is 47.4 Å². The highest BCUT2D eigenvalue weighted by molar-refractivity contribution is 7.99. The van der Waals surface area contributed by atoms with Crippen LogP contribution < -0.4 is 0 Å². The number of hydrogen-bond acceptors (Lipinski definition) is 4. The summed E-state index contributed by atoms with van der Waals surface area (Å²) in [5, 5.41) is 2.55. The number of nitrogens with zero attached hydrogens (tertiary/aromatic N) is 2. The molecule has 4 heteroatoms. The molecule has 2 aromatic heterocycles. The van der Waals surface area contributed by atoms with Gasteiger partial charge in [-0.15, -0.1) is 11.3 Å². The Bertz CT molecular complexity index is 2730. The van der Waals surface area contributed by atoms with Crippen molar-refractivity contribution in [1.29, 1.82) is 0 Å². The predicted molar refractivity (Wildman–Crippen MR) is 213 cm³/mol. The van der Waals surface area contributed by atoms with Crippen molar-refractivity contribution in [3.05, 3.63) is 192 Å². The van der Waals surface area contributed by atoms with Gasteiger partial charge in [0.25, 0.3) is 0 Å². The monoisotopic (exact) mass is 684 g/mol. The Morgan fingerprint density at radius 3 is 1.76 bits per heavy atom. The van der Waals surface area contributed by atoms with Gasteiger partial charge in [0.05, 0.1) is 16.8 Å². The van der Waals surface area contributed by atoms with Crippen LogP contribution in [0, 0.1) is 0 Å².